The lowest BCUT2D eigenvalue weighted by atomic mass is 10.1. The smallest absolute Gasteiger partial charge is 0.226 e. The van der Waals surface area contributed by atoms with E-state index in [9.17, 15) is 5.11 Å². The van der Waals surface area contributed by atoms with E-state index in [0.717, 1.165) is 22.2 Å². The van der Waals surface area contributed by atoms with Gasteiger partial charge < -0.3 is 14.7 Å². The Hall–Kier alpha value is -2.50. The van der Waals surface area contributed by atoms with E-state index < -0.39 is 6.10 Å². The van der Waals surface area contributed by atoms with Gasteiger partial charge in [0.25, 0.3) is 0 Å². The van der Waals surface area contributed by atoms with Crippen LogP contribution >= 0.6 is 0 Å². The molecule has 0 aliphatic rings. The van der Waals surface area contributed by atoms with Crippen LogP contribution in [0.1, 0.15) is 0 Å². The average molecular weight is 323 g/mol. The number of ether oxygens (including phenoxy) is 1. The zero-order chi connectivity index (χ0) is 16.9. The molecule has 5 nitrogen and oxygen atoms in total. The molecule has 1 N–H and O–H groups in total. The van der Waals surface area contributed by atoms with Gasteiger partial charge in [0.1, 0.15) is 0 Å². The van der Waals surface area contributed by atoms with Crippen LogP contribution in [-0.2, 0) is 4.74 Å². The molecule has 124 valence electrons. The minimum atomic E-state index is -0.588. The van der Waals surface area contributed by atoms with E-state index in [1.165, 1.54) is 0 Å². The fraction of sp³-hybridized carbons (Fsp3) is 0.263. The van der Waals surface area contributed by atoms with Crippen molar-refractivity contribution in [2.24, 2.45) is 0 Å². The second-order valence-electron chi connectivity index (χ2n) is 5.75. The van der Waals surface area contributed by atoms with Crippen molar-refractivity contribution in [1.29, 1.82) is 0 Å². The third-order valence-corrected chi connectivity index (χ3v) is 3.82. The molecule has 0 spiro atoms. The molecule has 1 aromatic heterocycles. The molecule has 0 unspecified atom stereocenters. The largest absolute Gasteiger partial charge is 0.389 e. The molecule has 0 aliphatic heterocycles. The Morgan fingerprint density at radius 2 is 1.75 bits per heavy atom. The lowest BCUT2D eigenvalue weighted by Gasteiger charge is -2.21. The standard InChI is InChI=1S/C19H21N3O2/c1-22(12-15(23)13-24-2)19-20-17-11-7-6-10-16(17)18(21-19)14-8-4-3-5-9-14/h3-11,15,23H,12-13H2,1-2H3/t15-/m1/s1. The van der Waals surface area contributed by atoms with Crippen molar-refractivity contribution < 1.29 is 9.84 Å². The van der Waals surface area contributed by atoms with Gasteiger partial charge in [-0.15, -0.1) is 0 Å². The van der Waals surface area contributed by atoms with Crippen LogP contribution < -0.4 is 4.90 Å². The number of hydrogen-bond donors (Lipinski definition) is 1. The van der Waals surface area contributed by atoms with Crippen LogP contribution in [0.15, 0.2) is 54.6 Å². The number of benzene rings is 2. The minimum Gasteiger partial charge on any atom is -0.389 e. The van der Waals surface area contributed by atoms with E-state index in [1.54, 1.807) is 7.11 Å². The maximum Gasteiger partial charge on any atom is 0.226 e. The summed E-state index contributed by atoms with van der Waals surface area (Å²) >= 11 is 0. The monoisotopic (exact) mass is 323 g/mol. The summed E-state index contributed by atoms with van der Waals surface area (Å²) < 4.78 is 4.99. The van der Waals surface area contributed by atoms with Crippen LogP contribution in [0.25, 0.3) is 22.2 Å². The highest BCUT2D eigenvalue weighted by atomic mass is 16.5. The summed E-state index contributed by atoms with van der Waals surface area (Å²) in [6.45, 7) is 0.684. The van der Waals surface area contributed by atoms with E-state index in [4.69, 9.17) is 9.72 Å². The molecular formula is C19H21N3O2. The molecule has 1 heterocycles. The summed E-state index contributed by atoms with van der Waals surface area (Å²) in [5, 5.41) is 11.0. The Labute approximate surface area is 141 Å². The van der Waals surface area contributed by atoms with Gasteiger partial charge in [0, 0.05) is 31.7 Å². The SMILES string of the molecule is COC[C@H](O)CN(C)c1nc(-c2ccccc2)c2ccccc2n1. The number of aliphatic hydroxyl groups excluding tert-OH is 1. The molecule has 3 aromatic rings. The molecule has 2 aromatic carbocycles. The summed E-state index contributed by atoms with van der Waals surface area (Å²) in [6.07, 6.45) is -0.588. The van der Waals surface area contributed by atoms with Gasteiger partial charge in [0.05, 0.1) is 23.9 Å². The first-order valence-corrected chi connectivity index (χ1v) is 7.89. The third kappa shape index (κ3) is 3.53. The maximum absolute atomic E-state index is 9.96. The fourth-order valence-corrected chi connectivity index (χ4v) is 2.69. The number of methoxy groups -OCH3 is 1. The highest BCUT2D eigenvalue weighted by Crippen LogP contribution is 2.27. The van der Waals surface area contributed by atoms with Gasteiger partial charge in [-0.2, -0.15) is 0 Å². The lowest BCUT2D eigenvalue weighted by Crippen LogP contribution is -2.33. The molecule has 0 radical (unpaired) electrons. The van der Waals surface area contributed by atoms with Crippen molar-refractivity contribution in [2.45, 2.75) is 6.10 Å². The predicted octanol–water partition coefficient (Wildman–Crippen LogP) is 2.74. The van der Waals surface area contributed by atoms with Crippen LogP contribution in [-0.4, -0.2) is 48.5 Å². The fourth-order valence-electron chi connectivity index (χ4n) is 2.69. The Morgan fingerprint density at radius 1 is 1.04 bits per heavy atom. The van der Waals surface area contributed by atoms with E-state index in [1.807, 2.05) is 66.5 Å². The third-order valence-electron chi connectivity index (χ3n) is 3.82. The summed E-state index contributed by atoms with van der Waals surface area (Å²) in [5.41, 5.74) is 2.82. The Morgan fingerprint density at radius 3 is 2.50 bits per heavy atom. The molecule has 0 fully saturated rings. The van der Waals surface area contributed by atoms with Crippen LogP contribution in [0.2, 0.25) is 0 Å². The van der Waals surface area contributed by atoms with Crippen LogP contribution in [0.5, 0.6) is 0 Å². The molecule has 0 saturated heterocycles. The number of hydrogen-bond acceptors (Lipinski definition) is 5. The van der Waals surface area contributed by atoms with E-state index >= 15 is 0 Å². The number of aromatic nitrogens is 2. The normalized spacial score (nSPS) is 12.3. The van der Waals surface area contributed by atoms with Gasteiger partial charge in [0.2, 0.25) is 5.95 Å². The van der Waals surface area contributed by atoms with Crippen molar-refractivity contribution >= 4 is 16.9 Å². The molecular weight excluding hydrogens is 302 g/mol. The van der Waals surface area contributed by atoms with Gasteiger partial charge >= 0.3 is 0 Å². The topological polar surface area (TPSA) is 58.5 Å². The molecule has 0 aliphatic carbocycles. The Kier molecular flexibility index (Phi) is 5.03. The van der Waals surface area contributed by atoms with Crippen molar-refractivity contribution in [3.05, 3.63) is 54.6 Å². The maximum atomic E-state index is 9.96. The molecule has 0 amide bonds. The van der Waals surface area contributed by atoms with E-state index in [2.05, 4.69) is 4.98 Å². The molecule has 1 atom stereocenters. The number of anilines is 1. The van der Waals surface area contributed by atoms with Gasteiger partial charge in [0.15, 0.2) is 0 Å². The first kappa shape index (κ1) is 16.4. The highest BCUT2D eigenvalue weighted by Gasteiger charge is 2.14. The van der Waals surface area contributed by atoms with Crippen molar-refractivity contribution in [3.8, 4) is 11.3 Å². The number of fused-ring (bicyclic) bond motifs is 1. The first-order valence-electron chi connectivity index (χ1n) is 7.89. The van der Waals surface area contributed by atoms with Crippen molar-refractivity contribution in [1.82, 2.24) is 9.97 Å². The zero-order valence-electron chi connectivity index (χ0n) is 13.9. The molecule has 24 heavy (non-hydrogen) atoms. The van der Waals surface area contributed by atoms with Gasteiger partial charge in [-0.3, -0.25) is 0 Å². The van der Waals surface area contributed by atoms with Crippen molar-refractivity contribution in [3.63, 3.8) is 0 Å². The Balaban J connectivity index is 2.04. The number of aliphatic hydroxyl groups is 1. The number of para-hydroxylation sites is 1. The lowest BCUT2D eigenvalue weighted by molar-refractivity contribution is 0.0693. The Bertz CT molecular complexity index is 808. The molecule has 0 bridgehead atoms. The van der Waals surface area contributed by atoms with Crippen LogP contribution in [0.3, 0.4) is 0 Å². The number of rotatable bonds is 6. The summed E-state index contributed by atoms with van der Waals surface area (Å²) in [5.74, 6) is 0.586. The van der Waals surface area contributed by atoms with Gasteiger partial charge in [-0.1, -0.05) is 48.5 Å². The number of likely N-dealkylation sites (N-methyl/N-ethyl adjacent to an activating group) is 1. The highest BCUT2D eigenvalue weighted by molar-refractivity contribution is 5.93. The minimum absolute atomic E-state index is 0.281. The summed E-state index contributed by atoms with van der Waals surface area (Å²) in [7, 11) is 3.45. The first-order chi connectivity index (χ1) is 11.7. The van der Waals surface area contributed by atoms with Gasteiger partial charge in [-0.05, 0) is 6.07 Å². The predicted molar refractivity (Wildman–Crippen MR) is 96.1 cm³/mol. The average Bonchev–Trinajstić information content (AvgIpc) is 2.61. The molecule has 3 rings (SSSR count). The molecule has 0 saturated carbocycles. The van der Waals surface area contributed by atoms with Crippen molar-refractivity contribution in [2.75, 3.05) is 32.2 Å². The molecule has 5 heteroatoms. The second kappa shape index (κ2) is 7.38. The summed E-state index contributed by atoms with van der Waals surface area (Å²) in [4.78, 5) is 11.2. The number of nitrogens with zero attached hydrogens (tertiary/aromatic N) is 3. The summed E-state index contributed by atoms with van der Waals surface area (Å²) in [6, 6.07) is 18.0. The quantitative estimate of drug-likeness (QED) is 0.756. The van der Waals surface area contributed by atoms with E-state index in [-0.39, 0.29) is 6.61 Å². The second-order valence-corrected chi connectivity index (χ2v) is 5.75. The zero-order valence-corrected chi connectivity index (χ0v) is 13.9. The van der Waals surface area contributed by atoms with Gasteiger partial charge in [-0.25, -0.2) is 9.97 Å². The van der Waals surface area contributed by atoms with Crippen LogP contribution in [0, 0.1) is 0 Å². The van der Waals surface area contributed by atoms with Crippen LogP contribution in [0.4, 0.5) is 5.95 Å². The van der Waals surface area contributed by atoms with E-state index in [0.29, 0.717) is 12.5 Å².